The first-order chi connectivity index (χ1) is 15.4. The highest BCUT2D eigenvalue weighted by Gasteiger charge is 2.37. The lowest BCUT2D eigenvalue weighted by molar-refractivity contribution is -0.127. The maximum Gasteiger partial charge on any atom is 0.268 e. The zero-order valence-electron chi connectivity index (χ0n) is 18.6. The number of benzene rings is 2. The molecule has 5 rings (SSSR count). The molecule has 0 saturated carbocycles. The highest BCUT2D eigenvalue weighted by atomic mass is 35.5. The Labute approximate surface area is 192 Å². The number of anilines is 1. The first-order valence-electron chi connectivity index (χ1n) is 11.0. The van der Waals surface area contributed by atoms with Gasteiger partial charge in [0.05, 0.1) is 22.4 Å². The monoisotopic (exact) mass is 453 g/mol. The summed E-state index contributed by atoms with van der Waals surface area (Å²) >= 11 is 6.83. The van der Waals surface area contributed by atoms with E-state index in [2.05, 4.69) is 33.4 Å². The smallest absolute Gasteiger partial charge is 0.268 e. The SMILES string of the molecule is Cc1ccc2[nH]ncc2c1-c1cc2c(cc1Cl)N(CC1CNC1)C(=O)[C@H](CCN(C)C)O2. The summed E-state index contributed by atoms with van der Waals surface area (Å²) in [6.07, 6.45) is 1.96. The standard InChI is InChI=1S/C24H28ClN5O2/c1-14-4-5-19-17(12-27-28-19)23(14)16-8-22-20(9-18(16)25)30(13-15-10-26-11-15)24(31)21(32-22)6-7-29(2)3/h4-5,8-9,12,15,21,26H,6-7,10-11,13H2,1-3H3,(H,27,28)/t21-/m0/s1. The Kier molecular flexibility index (Phi) is 5.57. The van der Waals surface area contributed by atoms with Crippen molar-refractivity contribution in [3.63, 3.8) is 0 Å². The van der Waals surface area contributed by atoms with E-state index >= 15 is 0 Å². The van der Waals surface area contributed by atoms with Crippen molar-refractivity contribution < 1.29 is 9.53 Å². The van der Waals surface area contributed by atoms with Crippen LogP contribution in [0.4, 0.5) is 5.69 Å². The van der Waals surface area contributed by atoms with Gasteiger partial charge in [-0.05, 0) is 50.3 Å². The third-order valence-electron chi connectivity index (χ3n) is 6.40. The Hall–Kier alpha value is -2.61. The quantitative estimate of drug-likeness (QED) is 0.598. The molecule has 0 spiro atoms. The number of carbonyl (C=O) groups excluding carboxylic acids is 1. The molecule has 8 heteroatoms. The van der Waals surface area contributed by atoms with Crippen molar-refractivity contribution in [2.24, 2.45) is 5.92 Å². The van der Waals surface area contributed by atoms with Gasteiger partial charge in [0.25, 0.3) is 5.91 Å². The molecule has 2 aliphatic rings. The largest absolute Gasteiger partial charge is 0.478 e. The number of aryl methyl sites for hydroxylation is 1. The number of nitrogens with one attached hydrogen (secondary N) is 2. The van der Waals surface area contributed by atoms with Crippen LogP contribution < -0.4 is 15.0 Å². The van der Waals surface area contributed by atoms with Gasteiger partial charge in [0.2, 0.25) is 0 Å². The van der Waals surface area contributed by atoms with Crippen molar-refractivity contribution in [2.75, 3.05) is 45.2 Å². The van der Waals surface area contributed by atoms with Crippen LogP contribution >= 0.6 is 11.6 Å². The van der Waals surface area contributed by atoms with Gasteiger partial charge in [-0.1, -0.05) is 17.7 Å². The molecule has 0 bridgehead atoms. The molecule has 1 atom stereocenters. The molecule has 2 aromatic carbocycles. The molecule has 1 amide bonds. The highest BCUT2D eigenvalue weighted by molar-refractivity contribution is 6.34. The number of fused-ring (bicyclic) bond motifs is 2. The molecule has 1 saturated heterocycles. The van der Waals surface area contributed by atoms with Crippen molar-refractivity contribution >= 4 is 34.1 Å². The zero-order chi connectivity index (χ0) is 22.4. The second-order valence-corrected chi connectivity index (χ2v) is 9.47. The molecule has 1 fully saturated rings. The molecule has 2 N–H and O–H groups in total. The number of amides is 1. The summed E-state index contributed by atoms with van der Waals surface area (Å²) in [5.41, 5.74) is 4.74. The predicted octanol–water partition coefficient (Wildman–Crippen LogP) is 3.46. The van der Waals surface area contributed by atoms with Crippen molar-refractivity contribution in [1.29, 1.82) is 0 Å². The molecular formula is C24H28ClN5O2. The van der Waals surface area contributed by atoms with E-state index < -0.39 is 6.10 Å². The fraction of sp³-hybridized carbons (Fsp3) is 0.417. The fourth-order valence-electron chi connectivity index (χ4n) is 4.50. The first kappa shape index (κ1) is 21.2. The third kappa shape index (κ3) is 3.74. The second kappa shape index (κ2) is 8.39. The van der Waals surface area contributed by atoms with Crippen LogP contribution in [0.5, 0.6) is 5.75 Å². The number of H-pyrrole nitrogens is 1. The summed E-state index contributed by atoms with van der Waals surface area (Å²) in [5, 5.41) is 12.1. The molecule has 3 aromatic rings. The lowest BCUT2D eigenvalue weighted by Crippen LogP contribution is -2.54. The summed E-state index contributed by atoms with van der Waals surface area (Å²) in [6.45, 7) is 5.37. The van der Waals surface area contributed by atoms with E-state index in [4.69, 9.17) is 16.3 Å². The third-order valence-corrected chi connectivity index (χ3v) is 6.71. The van der Waals surface area contributed by atoms with E-state index in [1.807, 2.05) is 43.4 Å². The maximum atomic E-state index is 13.3. The van der Waals surface area contributed by atoms with Crippen LogP contribution in [-0.4, -0.2) is 67.4 Å². The van der Waals surface area contributed by atoms with Gasteiger partial charge in [-0.25, -0.2) is 0 Å². The number of halogens is 1. The van der Waals surface area contributed by atoms with Gasteiger partial charge < -0.3 is 19.9 Å². The van der Waals surface area contributed by atoms with Crippen LogP contribution in [0.15, 0.2) is 30.5 Å². The minimum absolute atomic E-state index is 0.0168. The summed E-state index contributed by atoms with van der Waals surface area (Å²) in [7, 11) is 4.01. The number of carbonyl (C=O) groups is 1. The zero-order valence-corrected chi connectivity index (χ0v) is 19.4. The number of aromatic amines is 1. The van der Waals surface area contributed by atoms with Crippen LogP contribution in [0.2, 0.25) is 5.02 Å². The number of aromatic nitrogens is 2. The first-order valence-corrected chi connectivity index (χ1v) is 11.4. The van der Waals surface area contributed by atoms with Gasteiger partial charge in [-0.3, -0.25) is 9.89 Å². The lowest BCUT2D eigenvalue weighted by Gasteiger charge is -2.39. The van der Waals surface area contributed by atoms with E-state index in [0.717, 1.165) is 52.9 Å². The van der Waals surface area contributed by atoms with Crippen LogP contribution in [0.25, 0.3) is 22.0 Å². The average Bonchev–Trinajstić information content (AvgIpc) is 3.19. The fourth-order valence-corrected chi connectivity index (χ4v) is 4.75. The molecule has 0 unspecified atom stereocenters. The Bertz CT molecular complexity index is 1170. The lowest BCUT2D eigenvalue weighted by atomic mass is 9.95. The van der Waals surface area contributed by atoms with Gasteiger partial charge in [0.1, 0.15) is 5.75 Å². The number of hydrogen-bond donors (Lipinski definition) is 2. The van der Waals surface area contributed by atoms with Gasteiger partial charge in [0, 0.05) is 49.5 Å². The predicted molar refractivity (Wildman–Crippen MR) is 128 cm³/mol. The van der Waals surface area contributed by atoms with E-state index in [1.54, 1.807) is 0 Å². The van der Waals surface area contributed by atoms with Crippen molar-refractivity contribution in [3.05, 3.63) is 41.0 Å². The Balaban J connectivity index is 1.59. The molecule has 168 valence electrons. The number of ether oxygens (including phenoxy) is 1. The average molecular weight is 454 g/mol. The minimum atomic E-state index is -0.502. The molecule has 7 nitrogen and oxygen atoms in total. The van der Waals surface area contributed by atoms with Crippen LogP contribution in [0.1, 0.15) is 12.0 Å². The molecule has 2 aliphatic heterocycles. The maximum absolute atomic E-state index is 13.3. The van der Waals surface area contributed by atoms with Crippen LogP contribution in [0, 0.1) is 12.8 Å². The second-order valence-electron chi connectivity index (χ2n) is 9.06. The van der Waals surface area contributed by atoms with Crippen molar-refractivity contribution in [3.8, 4) is 16.9 Å². The molecule has 0 radical (unpaired) electrons. The normalized spacial score (nSPS) is 18.7. The summed E-state index contributed by atoms with van der Waals surface area (Å²) in [4.78, 5) is 17.3. The highest BCUT2D eigenvalue weighted by Crippen LogP contribution is 2.44. The summed E-state index contributed by atoms with van der Waals surface area (Å²) in [5.74, 6) is 1.17. The van der Waals surface area contributed by atoms with E-state index in [1.165, 1.54) is 0 Å². The van der Waals surface area contributed by atoms with E-state index in [9.17, 15) is 4.79 Å². The van der Waals surface area contributed by atoms with Crippen LogP contribution in [0.3, 0.4) is 0 Å². The van der Waals surface area contributed by atoms with Crippen molar-refractivity contribution in [2.45, 2.75) is 19.4 Å². The molecule has 0 aliphatic carbocycles. The van der Waals surface area contributed by atoms with Crippen molar-refractivity contribution in [1.82, 2.24) is 20.4 Å². The van der Waals surface area contributed by atoms with Gasteiger partial charge >= 0.3 is 0 Å². The van der Waals surface area contributed by atoms with E-state index in [0.29, 0.717) is 29.7 Å². The number of hydrogen-bond acceptors (Lipinski definition) is 5. The van der Waals surface area contributed by atoms with Gasteiger partial charge in [-0.2, -0.15) is 5.10 Å². The molecule has 1 aromatic heterocycles. The molecule has 32 heavy (non-hydrogen) atoms. The molecule has 3 heterocycles. The summed E-state index contributed by atoms with van der Waals surface area (Å²) in [6, 6.07) is 7.96. The molecular weight excluding hydrogens is 426 g/mol. The Morgan fingerprint density at radius 1 is 1.28 bits per heavy atom. The van der Waals surface area contributed by atoms with Gasteiger partial charge in [0.15, 0.2) is 6.10 Å². The summed E-state index contributed by atoms with van der Waals surface area (Å²) < 4.78 is 6.29. The van der Waals surface area contributed by atoms with Crippen LogP contribution in [-0.2, 0) is 4.79 Å². The van der Waals surface area contributed by atoms with E-state index in [-0.39, 0.29) is 5.91 Å². The Morgan fingerprint density at radius 3 is 2.81 bits per heavy atom. The Morgan fingerprint density at radius 2 is 2.09 bits per heavy atom. The number of rotatable bonds is 6. The topological polar surface area (TPSA) is 73.5 Å². The van der Waals surface area contributed by atoms with Gasteiger partial charge in [-0.15, -0.1) is 0 Å². The number of nitrogens with zero attached hydrogens (tertiary/aromatic N) is 3. The minimum Gasteiger partial charge on any atom is -0.478 e.